The van der Waals surface area contributed by atoms with Crippen LogP contribution in [0.3, 0.4) is 0 Å². The van der Waals surface area contributed by atoms with Gasteiger partial charge in [-0.2, -0.15) is 0 Å². The Morgan fingerprint density at radius 2 is 2.19 bits per heavy atom. The number of aryl methyl sites for hydroxylation is 1. The maximum atomic E-state index is 5.81. The predicted octanol–water partition coefficient (Wildman–Crippen LogP) is 3.54. The molecule has 0 amide bonds. The first kappa shape index (κ1) is 11.2. The molecule has 1 aromatic rings. The molecular weight excluding hydrogens is 200 g/mol. The highest BCUT2D eigenvalue weighted by atomic mass is 16.7. The van der Waals surface area contributed by atoms with E-state index >= 15 is 0 Å². The van der Waals surface area contributed by atoms with Gasteiger partial charge in [-0.15, -0.1) is 0 Å². The van der Waals surface area contributed by atoms with Gasteiger partial charge in [0.05, 0.1) is 0 Å². The number of methoxy groups -OCH3 is 1. The molecule has 0 radical (unpaired) electrons. The number of hydrogen-bond acceptors (Lipinski definition) is 2. The van der Waals surface area contributed by atoms with Crippen molar-refractivity contribution in [2.24, 2.45) is 0 Å². The number of ether oxygens (including phenoxy) is 2. The Labute approximate surface area is 96.9 Å². The van der Waals surface area contributed by atoms with Crippen LogP contribution in [0.2, 0.25) is 0 Å². The predicted molar refractivity (Wildman–Crippen MR) is 65.5 cm³/mol. The minimum absolute atomic E-state index is 0.213. The summed E-state index contributed by atoms with van der Waals surface area (Å²) < 4.78 is 11.2. The molecule has 16 heavy (non-hydrogen) atoms. The minimum Gasteiger partial charge on any atom is -0.460 e. The van der Waals surface area contributed by atoms with E-state index in [2.05, 4.69) is 32.1 Å². The molecule has 0 aliphatic carbocycles. The third-order valence-corrected chi connectivity index (χ3v) is 2.80. The third-order valence-electron chi connectivity index (χ3n) is 2.80. The topological polar surface area (TPSA) is 18.5 Å². The lowest BCUT2D eigenvalue weighted by molar-refractivity contribution is -0.0282. The van der Waals surface area contributed by atoms with Crippen LogP contribution in [-0.4, -0.2) is 13.4 Å². The van der Waals surface area contributed by atoms with E-state index < -0.39 is 0 Å². The fraction of sp³-hybridized carbons (Fsp3) is 0.429. The monoisotopic (exact) mass is 218 g/mol. The molecule has 2 rings (SSSR count). The first-order valence-electron chi connectivity index (χ1n) is 5.75. The standard InChI is InChI=1S/C14H18O2/c1-4-5-11-9-12-8-10(2)6-7-13(12)16-14(11)15-3/h6-9,14H,4-5H2,1-3H3. The molecule has 0 fully saturated rings. The molecule has 1 aliphatic heterocycles. The molecule has 2 nitrogen and oxygen atoms in total. The average molecular weight is 218 g/mol. The van der Waals surface area contributed by atoms with Crippen molar-refractivity contribution in [3.05, 3.63) is 34.9 Å². The van der Waals surface area contributed by atoms with Crippen LogP contribution >= 0.6 is 0 Å². The molecular formula is C14H18O2. The van der Waals surface area contributed by atoms with Crippen LogP contribution in [0.1, 0.15) is 30.9 Å². The zero-order chi connectivity index (χ0) is 11.5. The highest BCUT2D eigenvalue weighted by Gasteiger charge is 2.21. The fourth-order valence-electron chi connectivity index (χ4n) is 2.02. The highest BCUT2D eigenvalue weighted by Crippen LogP contribution is 2.32. The molecule has 0 bridgehead atoms. The second-order valence-electron chi connectivity index (χ2n) is 4.20. The quantitative estimate of drug-likeness (QED) is 0.772. The number of rotatable bonds is 3. The van der Waals surface area contributed by atoms with E-state index in [0.29, 0.717) is 0 Å². The van der Waals surface area contributed by atoms with Gasteiger partial charge in [-0.25, -0.2) is 0 Å². The molecule has 0 saturated heterocycles. The van der Waals surface area contributed by atoms with Gasteiger partial charge in [-0.1, -0.05) is 25.0 Å². The Hall–Kier alpha value is -1.28. The van der Waals surface area contributed by atoms with Gasteiger partial charge in [0.2, 0.25) is 6.29 Å². The molecule has 0 saturated carbocycles. The summed E-state index contributed by atoms with van der Waals surface area (Å²) in [5, 5.41) is 0. The normalized spacial score (nSPS) is 18.7. The summed E-state index contributed by atoms with van der Waals surface area (Å²) in [6, 6.07) is 6.22. The molecule has 0 spiro atoms. The largest absolute Gasteiger partial charge is 0.460 e. The summed E-state index contributed by atoms with van der Waals surface area (Å²) >= 11 is 0. The van der Waals surface area contributed by atoms with Gasteiger partial charge in [-0.05, 0) is 37.1 Å². The van der Waals surface area contributed by atoms with Crippen molar-refractivity contribution in [3.8, 4) is 5.75 Å². The highest BCUT2D eigenvalue weighted by molar-refractivity contribution is 5.63. The Bertz CT molecular complexity index is 407. The van der Waals surface area contributed by atoms with Crippen LogP contribution < -0.4 is 4.74 Å². The minimum atomic E-state index is -0.213. The Morgan fingerprint density at radius 1 is 1.38 bits per heavy atom. The maximum absolute atomic E-state index is 5.81. The Balaban J connectivity index is 2.37. The van der Waals surface area contributed by atoms with Crippen LogP contribution in [0, 0.1) is 6.92 Å². The van der Waals surface area contributed by atoms with Gasteiger partial charge in [0.25, 0.3) is 0 Å². The fourth-order valence-corrected chi connectivity index (χ4v) is 2.02. The molecule has 1 unspecified atom stereocenters. The molecule has 1 atom stereocenters. The van der Waals surface area contributed by atoms with Crippen molar-refractivity contribution in [2.45, 2.75) is 33.0 Å². The van der Waals surface area contributed by atoms with Crippen molar-refractivity contribution < 1.29 is 9.47 Å². The third kappa shape index (κ3) is 2.12. The van der Waals surface area contributed by atoms with E-state index in [-0.39, 0.29) is 6.29 Å². The van der Waals surface area contributed by atoms with Crippen LogP contribution in [0.4, 0.5) is 0 Å². The van der Waals surface area contributed by atoms with Crippen molar-refractivity contribution in [2.75, 3.05) is 7.11 Å². The zero-order valence-electron chi connectivity index (χ0n) is 10.1. The lowest BCUT2D eigenvalue weighted by Gasteiger charge is -2.26. The van der Waals surface area contributed by atoms with E-state index in [1.807, 2.05) is 6.07 Å². The van der Waals surface area contributed by atoms with Gasteiger partial charge < -0.3 is 9.47 Å². The summed E-state index contributed by atoms with van der Waals surface area (Å²) in [6.07, 6.45) is 4.11. The second-order valence-corrected chi connectivity index (χ2v) is 4.20. The van der Waals surface area contributed by atoms with E-state index in [4.69, 9.17) is 9.47 Å². The zero-order valence-corrected chi connectivity index (χ0v) is 10.1. The van der Waals surface area contributed by atoms with Gasteiger partial charge in [-0.3, -0.25) is 0 Å². The molecule has 1 heterocycles. The van der Waals surface area contributed by atoms with E-state index in [0.717, 1.165) is 24.2 Å². The summed E-state index contributed by atoms with van der Waals surface area (Å²) in [5.74, 6) is 0.914. The molecule has 2 heteroatoms. The first-order valence-corrected chi connectivity index (χ1v) is 5.75. The number of fused-ring (bicyclic) bond motifs is 1. The van der Waals surface area contributed by atoms with E-state index in [9.17, 15) is 0 Å². The van der Waals surface area contributed by atoms with Gasteiger partial charge >= 0.3 is 0 Å². The first-order chi connectivity index (χ1) is 7.74. The molecule has 86 valence electrons. The van der Waals surface area contributed by atoms with Crippen molar-refractivity contribution >= 4 is 6.08 Å². The second kappa shape index (κ2) is 4.71. The maximum Gasteiger partial charge on any atom is 0.222 e. The summed E-state index contributed by atoms with van der Waals surface area (Å²) in [7, 11) is 1.69. The van der Waals surface area contributed by atoms with Crippen LogP contribution in [-0.2, 0) is 4.74 Å². The average Bonchev–Trinajstić information content (AvgIpc) is 2.28. The Morgan fingerprint density at radius 3 is 2.88 bits per heavy atom. The molecule has 1 aliphatic rings. The van der Waals surface area contributed by atoms with Crippen LogP contribution in [0.25, 0.3) is 6.08 Å². The summed E-state index contributed by atoms with van der Waals surface area (Å²) in [5.41, 5.74) is 3.64. The lowest BCUT2D eigenvalue weighted by atomic mass is 10.0. The smallest absolute Gasteiger partial charge is 0.222 e. The Kier molecular flexibility index (Phi) is 3.30. The van der Waals surface area contributed by atoms with Gasteiger partial charge in [0.15, 0.2) is 0 Å². The summed E-state index contributed by atoms with van der Waals surface area (Å²) in [4.78, 5) is 0. The molecule has 0 aromatic heterocycles. The molecule has 0 N–H and O–H groups in total. The van der Waals surface area contributed by atoms with E-state index in [1.54, 1.807) is 7.11 Å². The SMILES string of the molecule is CCCC1=Cc2cc(C)ccc2OC1OC. The number of benzene rings is 1. The van der Waals surface area contributed by atoms with Gasteiger partial charge in [0.1, 0.15) is 5.75 Å². The van der Waals surface area contributed by atoms with E-state index in [1.165, 1.54) is 11.1 Å². The van der Waals surface area contributed by atoms with Crippen molar-refractivity contribution in [1.29, 1.82) is 0 Å². The van der Waals surface area contributed by atoms with Crippen LogP contribution in [0.5, 0.6) is 5.75 Å². The number of hydrogen-bond donors (Lipinski definition) is 0. The summed E-state index contributed by atoms with van der Waals surface area (Å²) in [6.45, 7) is 4.26. The van der Waals surface area contributed by atoms with Crippen molar-refractivity contribution in [1.82, 2.24) is 0 Å². The lowest BCUT2D eigenvalue weighted by Crippen LogP contribution is -2.24. The van der Waals surface area contributed by atoms with Gasteiger partial charge in [0, 0.05) is 12.7 Å². The van der Waals surface area contributed by atoms with Crippen LogP contribution in [0.15, 0.2) is 23.8 Å². The molecule has 1 aromatic carbocycles. The van der Waals surface area contributed by atoms with Crippen molar-refractivity contribution in [3.63, 3.8) is 0 Å².